The fraction of sp³-hybridized carbons (Fsp3) is 0.536. The van der Waals surface area contributed by atoms with Crippen LogP contribution in [0.4, 0.5) is 0 Å². The molecule has 1 N–H and O–H groups in total. The molecule has 0 aromatic heterocycles. The molecule has 6 rings (SSSR count). The number of halogens is 1. The van der Waals surface area contributed by atoms with Crippen LogP contribution in [0.1, 0.15) is 60.3 Å². The van der Waals surface area contributed by atoms with E-state index in [2.05, 4.69) is 46.6 Å². The molecule has 180 valence electrons. The van der Waals surface area contributed by atoms with Gasteiger partial charge in [0, 0.05) is 55.2 Å². The number of nitrogens with zero attached hydrogens (tertiary/aromatic N) is 1. The van der Waals surface area contributed by atoms with Gasteiger partial charge in [-0.25, -0.2) is 0 Å². The molecule has 2 aliphatic carbocycles. The summed E-state index contributed by atoms with van der Waals surface area (Å²) >= 11 is 6.46. The summed E-state index contributed by atoms with van der Waals surface area (Å²) in [6.45, 7) is 4.62. The highest BCUT2D eigenvalue weighted by Crippen LogP contribution is 2.60. The predicted octanol–water partition coefficient (Wildman–Crippen LogP) is 4.25. The van der Waals surface area contributed by atoms with E-state index in [0.29, 0.717) is 5.92 Å². The standard InChI is InChI=1S/C28H33ClN2O3/c29-19-5-6-23-24-16-28(26(23)15-19,25-4-2-1-3-22(24)25)18-31-11-7-20(8-12-31)30-27(32)17-34-21-9-13-33-14-10-21/h1-6,15,20-21,24H,7-14,16-18H2,(H,30,32). The second-order valence-electron chi connectivity index (χ2n) is 10.4. The summed E-state index contributed by atoms with van der Waals surface area (Å²) in [5, 5.41) is 4.03. The molecule has 2 aromatic rings. The number of piperidine rings is 1. The number of amides is 1. The molecule has 0 spiro atoms. The van der Waals surface area contributed by atoms with Crippen molar-refractivity contribution in [3.05, 3.63) is 69.7 Å². The Morgan fingerprint density at radius 1 is 1.06 bits per heavy atom. The summed E-state index contributed by atoms with van der Waals surface area (Å²) in [6.07, 6.45) is 5.01. The predicted molar refractivity (Wildman–Crippen MR) is 133 cm³/mol. The lowest BCUT2D eigenvalue weighted by Crippen LogP contribution is -2.49. The molecule has 34 heavy (non-hydrogen) atoms. The quantitative estimate of drug-likeness (QED) is 0.671. The highest BCUT2D eigenvalue weighted by atomic mass is 35.5. The van der Waals surface area contributed by atoms with Crippen molar-refractivity contribution >= 4 is 17.5 Å². The van der Waals surface area contributed by atoms with E-state index in [9.17, 15) is 4.79 Å². The summed E-state index contributed by atoms with van der Waals surface area (Å²) in [7, 11) is 0. The Kier molecular flexibility index (Phi) is 6.14. The van der Waals surface area contributed by atoms with Gasteiger partial charge in [-0.15, -0.1) is 0 Å². The molecular weight excluding hydrogens is 448 g/mol. The van der Waals surface area contributed by atoms with Crippen LogP contribution in [0.2, 0.25) is 5.02 Å². The number of fused-ring (bicyclic) bond motifs is 8. The first-order valence-corrected chi connectivity index (χ1v) is 13.1. The molecule has 2 saturated heterocycles. The lowest BCUT2D eigenvalue weighted by Gasteiger charge is -2.40. The zero-order valence-electron chi connectivity index (χ0n) is 19.6. The molecule has 2 aromatic carbocycles. The van der Waals surface area contributed by atoms with Crippen LogP contribution in [0.25, 0.3) is 0 Å². The van der Waals surface area contributed by atoms with Crippen LogP contribution in [0.15, 0.2) is 42.5 Å². The summed E-state index contributed by atoms with van der Waals surface area (Å²) in [6, 6.07) is 15.7. The molecule has 5 nitrogen and oxygen atoms in total. The fourth-order valence-electron chi connectivity index (χ4n) is 6.74. The van der Waals surface area contributed by atoms with Gasteiger partial charge >= 0.3 is 0 Å². The number of carbonyl (C=O) groups excluding carboxylic acids is 1. The Labute approximate surface area is 206 Å². The molecule has 6 heteroatoms. The van der Waals surface area contributed by atoms with Gasteiger partial charge in [0.25, 0.3) is 0 Å². The van der Waals surface area contributed by atoms with Crippen molar-refractivity contribution in [2.24, 2.45) is 0 Å². The van der Waals surface area contributed by atoms with Crippen molar-refractivity contribution < 1.29 is 14.3 Å². The topological polar surface area (TPSA) is 50.8 Å². The lowest BCUT2D eigenvalue weighted by atomic mass is 9.74. The average Bonchev–Trinajstić information content (AvgIpc) is 3.36. The summed E-state index contributed by atoms with van der Waals surface area (Å²) in [5.41, 5.74) is 5.87. The molecular formula is C28H33ClN2O3. The lowest BCUT2D eigenvalue weighted by molar-refractivity contribution is -0.130. The molecule has 2 unspecified atom stereocenters. The Balaban J connectivity index is 1.08. The van der Waals surface area contributed by atoms with Crippen molar-refractivity contribution in [2.75, 3.05) is 39.5 Å². The van der Waals surface area contributed by atoms with Crippen LogP contribution in [-0.4, -0.2) is 62.4 Å². The molecule has 0 saturated carbocycles. The van der Waals surface area contributed by atoms with Crippen molar-refractivity contribution in [1.82, 2.24) is 10.2 Å². The summed E-state index contributed by atoms with van der Waals surface area (Å²) in [5.74, 6) is 0.492. The van der Waals surface area contributed by atoms with Crippen molar-refractivity contribution in [2.45, 2.75) is 55.6 Å². The normalized spacial score (nSPS) is 26.9. The molecule has 2 atom stereocenters. The van der Waals surface area contributed by atoms with Gasteiger partial charge in [0.1, 0.15) is 6.61 Å². The SMILES string of the molecule is O=C(COC1CCOCC1)NC1CCN(CC23CC(c4ccccc42)c2ccc(Cl)cc23)CC1. The highest BCUT2D eigenvalue weighted by Gasteiger charge is 2.53. The van der Waals surface area contributed by atoms with E-state index in [4.69, 9.17) is 21.1 Å². The number of likely N-dealkylation sites (tertiary alicyclic amines) is 1. The van der Waals surface area contributed by atoms with Crippen LogP contribution in [-0.2, 0) is 19.7 Å². The van der Waals surface area contributed by atoms with E-state index >= 15 is 0 Å². The Bertz CT molecular complexity index is 1060. The van der Waals surface area contributed by atoms with E-state index < -0.39 is 0 Å². The molecule has 2 bridgehead atoms. The monoisotopic (exact) mass is 480 g/mol. The van der Waals surface area contributed by atoms with Gasteiger partial charge in [-0.05, 0) is 66.5 Å². The van der Waals surface area contributed by atoms with Gasteiger partial charge in [0.05, 0.1) is 6.10 Å². The van der Waals surface area contributed by atoms with Crippen molar-refractivity contribution in [1.29, 1.82) is 0 Å². The second kappa shape index (κ2) is 9.27. The number of ether oxygens (including phenoxy) is 2. The first-order chi connectivity index (χ1) is 16.6. The van der Waals surface area contributed by atoms with Gasteiger partial charge in [-0.3, -0.25) is 4.79 Å². The Morgan fingerprint density at radius 3 is 2.65 bits per heavy atom. The highest BCUT2D eigenvalue weighted by molar-refractivity contribution is 6.30. The third-order valence-corrected chi connectivity index (χ3v) is 8.61. The van der Waals surface area contributed by atoms with Crippen LogP contribution in [0, 0.1) is 0 Å². The average molecular weight is 481 g/mol. The number of hydrogen-bond acceptors (Lipinski definition) is 4. The van der Waals surface area contributed by atoms with Gasteiger partial charge in [-0.1, -0.05) is 41.9 Å². The number of nitrogens with one attached hydrogen (secondary N) is 1. The zero-order chi connectivity index (χ0) is 23.1. The first kappa shape index (κ1) is 22.5. The molecule has 2 aliphatic heterocycles. The number of rotatable bonds is 6. The van der Waals surface area contributed by atoms with Gasteiger partial charge < -0.3 is 19.7 Å². The molecule has 0 radical (unpaired) electrons. The smallest absolute Gasteiger partial charge is 0.246 e. The largest absolute Gasteiger partial charge is 0.381 e. The molecule has 2 fully saturated rings. The number of hydrogen-bond donors (Lipinski definition) is 1. The second-order valence-corrected chi connectivity index (χ2v) is 10.8. The van der Waals surface area contributed by atoms with Gasteiger partial charge in [0.2, 0.25) is 5.91 Å². The van der Waals surface area contributed by atoms with Crippen LogP contribution in [0.5, 0.6) is 0 Å². The van der Waals surface area contributed by atoms with Crippen molar-refractivity contribution in [3.63, 3.8) is 0 Å². The van der Waals surface area contributed by atoms with E-state index in [1.807, 2.05) is 6.07 Å². The fourth-order valence-corrected chi connectivity index (χ4v) is 6.91. The number of carbonyl (C=O) groups is 1. The van der Waals surface area contributed by atoms with Crippen molar-refractivity contribution in [3.8, 4) is 0 Å². The summed E-state index contributed by atoms with van der Waals surface area (Å²) < 4.78 is 11.1. The van der Waals surface area contributed by atoms with E-state index in [1.54, 1.807) is 0 Å². The minimum atomic E-state index is 0.00969. The first-order valence-electron chi connectivity index (χ1n) is 12.7. The van der Waals surface area contributed by atoms with E-state index in [-0.39, 0.29) is 30.1 Å². The van der Waals surface area contributed by atoms with E-state index in [1.165, 1.54) is 22.3 Å². The minimum absolute atomic E-state index is 0.00969. The van der Waals surface area contributed by atoms with Crippen LogP contribution in [0.3, 0.4) is 0 Å². The maximum Gasteiger partial charge on any atom is 0.246 e. The third-order valence-electron chi connectivity index (χ3n) is 8.38. The van der Waals surface area contributed by atoms with E-state index in [0.717, 1.165) is 70.0 Å². The maximum atomic E-state index is 12.4. The molecule has 2 heterocycles. The molecule has 4 aliphatic rings. The minimum Gasteiger partial charge on any atom is -0.381 e. The zero-order valence-corrected chi connectivity index (χ0v) is 20.4. The van der Waals surface area contributed by atoms with Crippen LogP contribution < -0.4 is 5.32 Å². The Hall–Kier alpha value is -1.92. The number of benzene rings is 2. The summed E-state index contributed by atoms with van der Waals surface area (Å²) in [4.78, 5) is 15.0. The molecule has 1 amide bonds. The van der Waals surface area contributed by atoms with Gasteiger partial charge in [0.15, 0.2) is 0 Å². The third kappa shape index (κ3) is 4.07. The van der Waals surface area contributed by atoms with Gasteiger partial charge in [-0.2, -0.15) is 0 Å². The van der Waals surface area contributed by atoms with Crippen LogP contribution >= 0.6 is 11.6 Å². The Morgan fingerprint density at radius 2 is 1.82 bits per heavy atom. The maximum absolute atomic E-state index is 12.4.